The summed E-state index contributed by atoms with van der Waals surface area (Å²) in [6, 6.07) is 5.64. The van der Waals surface area contributed by atoms with Gasteiger partial charge in [-0.2, -0.15) is 0 Å². The Balaban J connectivity index is 0.00000128. The highest BCUT2D eigenvalue weighted by atomic mass is 79.9. The molecule has 3 nitrogen and oxygen atoms in total. The van der Waals surface area contributed by atoms with Crippen molar-refractivity contribution >= 4 is 46.0 Å². The Morgan fingerprint density at radius 2 is 2.25 bits per heavy atom. The average Bonchev–Trinajstić information content (AvgIpc) is 2.22. The van der Waals surface area contributed by atoms with Gasteiger partial charge in [-0.15, -0.1) is 12.4 Å². The second-order valence-corrected chi connectivity index (χ2v) is 4.56. The zero-order chi connectivity index (χ0) is 10.8. The van der Waals surface area contributed by atoms with Gasteiger partial charge in [0, 0.05) is 10.9 Å². The molecule has 88 valence electrons. The SMILES string of the molecule is Cl.O=C1N[C@@H](c2ccc(Cl)c(Br)c2)CCO1. The van der Waals surface area contributed by atoms with E-state index in [9.17, 15) is 4.79 Å². The molecule has 1 aliphatic rings. The highest BCUT2D eigenvalue weighted by Gasteiger charge is 2.20. The van der Waals surface area contributed by atoms with Crippen LogP contribution >= 0.6 is 39.9 Å². The van der Waals surface area contributed by atoms with Gasteiger partial charge < -0.3 is 10.1 Å². The van der Waals surface area contributed by atoms with E-state index in [4.69, 9.17) is 16.3 Å². The van der Waals surface area contributed by atoms with Gasteiger partial charge in [-0.25, -0.2) is 4.79 Å². The van der Waals surface area contributed by atoms with E-state index in [0.717, 1.165) is 16.5 Å². The van der Waals surface area contributed by atoms with Crippen LogP contribution in [0.5, 0.6) is 0 Å². The summed E-state index contributed by atoms with van der Waals surface area (Å²) in [5.74, 6) is 0. The van der Waals surface area contributed by atoms with Crippen LogP contribution in [0.15, 0.2) is 22.7 Å². The zero-order valence-electron chi connectivity index (χ0n) is 8.20. The summed E-state index contributed by atoms with van der Waals surface area (Å²) in [6.45, 7) is 0.455. The van der Waals surface area contributed by atoms with E-state index in [0.29, 0.717) is 11.6 Å². The number of rotatable bonds is 1. The molecule has 0 bridgehead atoms. The normalized spacial score (nSPS) is 19.4. The summed E-state index contributed by atoms with van der Waals surface area (Å²) < 4.78 is 5.63. The van der Waals surface area contributed by atoms with Crippen molar-refractivity contribution in [3.63, 3.8) is 0 Å². The molecule has 1 heterocycles. The van der Waals surface area contributed by atoms with Gasteiger partial charge in [-0.05, 0) is 33.6 Å². The minimum atomic E-state index is -0.364. The third kappa shape index (κ3) is 3.03. The van der Waals surface area contributed by atoms with Gasteiger partial charge in [0.1, 0.15) is 0 Å². The first-order valence-corrected chi connectivity index (χ1v) is 5.72. The number of benzene rings is 1. The molecule has 2 rings (SSSR count). The first kappa shape index (κ1) is 13.6. The van der Waals surface area contributed by atoms with Crippen molar-refractivity contribution in [2.24, 2.45) is 0 Å². The minimum Gasteiger partial charge on any atom is -0.449 e. The molecule has 0 unspecified atom stereocenters. The van der Waals surface area contributed by atoms with Crippen LogP contribution in [0.25, 0.3) is 0 Å². The fraction of sp³-hybridized carbons (Fsp3) is 0.300. The van der Waals surface area contributed by atoms with Gasteiger partial charge in [0.25, 0.3) is 0 Å². The number of carbonyl (C=O) groups is 1. The second-order valence-electron chi connectivity index (χ2n) is 3.30. The van der Waals surface area contributed by atoms with Crippen molar-refractivity contribution in [1.82, 2.24) is 5.32 Å². The maximum Gasteiger partial charge on any atom is 0.407 e. The average molecular weight is 327 g/mol. The van der Waals surface area contributed by atoms with Crippen LogP contribution in [0.4, 0.5) is 4.79 Å². The predicted molar refractivity (Wildman–Crippen MR) is 68.2 cm³/mol. The summed E-state index contributed by atoms with van der Waals surface area (Å²) in [5, 5.41) is 3.42. The lowest BCUT2D eigenvalue weighted by atomic mass is 10.0. The topological polar surface area (TPSA) is 38.3 Å². The number of hydrogen-bond acceptors (Lipinski definition) is 2. The minimum absolute atomic E-state index is 0. The third-order valence-corrected chi connectivity index (χ3v) is 3.49. The number of halogens is 3. The van der Waals surface area contributed by atoms with Crippen molar-refractivity contribution < 1.29 is 9.53 Å². The number of alkyl carbamates (subject to hydrolysis) is 1. The molecule has 0 aromatic heterocycles. The van der Waals surface area contributed by atoms with E-state index in [-0.39, 0.29) is 24.5 Å². The molecule has 6 heteroatoms. The van der Waals surface area contributed by atoms with Gasteiger partial charge in [0.2, 0.25) is 0 Å². The fourth-order valence-electron chi connectivity index (χ4n) is 1.50. The van der Waals surface area contributed by atoms with E-state index < -0.39 is 0 Å². The van der Waals surface area contributed by atoms with Crippen LogP contribution in [0.1, 0.15) is 18.0 Å². The number of nitrogens with one attached hydrogen (secondary N) is 1. The number of ether oxygens (including phenoxy) is 1. The van der Waals surface area contributed by atoms with Crippen molar-refractivity contribution in [3.8, 4) is 0 Å². The fourth-order valence-corrected chi connectivity index (χ4v) is 2.02. The van der Waals surface area contributed by atoms with E-state index in [2.05, 4.69) is 21.2 Å². The summed E-state index contributed by atoms with van der Waals surface area (Å²) >= 11 is 9.24. The number of carbonyl (C=O) groups excluding carboxylic acids is 1. The standard InChI is InChI=1S/C10H9BrClNO2.ClH/c11-7-5-6(1-2-8(7)12)9-3-4-15-10(14)13-9;/h1-2,5,9H,3-4H2,(H,13,14);1H/t9-;/m1./s1. The first-order chi connectivity index (χ1) is 7.16. The molecule has 1 aromatic rings. The zero-order valence-corrected chi connectivity index (χ0v) is 11.4. The molecule has 0 spiro atoms. The lowest BCUT2D eigenvalue weighted by Gasteiger charge is -2.23. The van der Waals surface area contributed by atoms with Crippen LogP contribution < -0.4 is 5.32 Å². The van der Waals surface area contributed by atoms with Crippen molar-refractivity contribution in [1.29, 1.82) is 0 Å². The Morgan fingerprint density at radius 1 is 1.50 bits per heavy atom. The molecule has 0 aliphatic carbocycles. The van der Waals surface area contributed by atoms with Gasteiger partial charge >= 0.3 is 6.09 Å². The number of amides is 1. The van der Waals surface area contributed by atoms with E-state index in [1.165, 1.54) is 0 Å². The number of hydrogen-bond donors (Lipinski definition) is 1. The summed E-state index contributed by atoms with van der Waals surface area (Å²) in [7, 11) is 0. The molecule has 1 aliphatic heterocycles. The summed E-state index contributed by atoms with van der Waals surface area (Å²) in [5.41, 5.74) is 1.03. The molecule has 0 radical (unpaired) electrons. The van der Waals surface area contributed by atoms with Gasteiger partial charge in [-0.3, -0.25) is 0 Å². The molecule has 0 saturated carbocycles. The van der Waals surface area contributed by atoms with Gasteiger partial charge in [0.05, 0.1) is 17.7 Å². The van der Waals surface area contributed by atoms with Crippen molar-refractivity contribution in [2.75, 3.05) is 6.61 Å². The van der Waals surface area contributed by atoms with Crippen LogP contribution in [0.2, 0.25) is 5.02 Å². The molecule has 1 aromatic carbocycles. The van der Waals surface area contributed by atoms with E-state index >= 15 is 0 Å². The predicted octanol–water partition coefficient (Wildman–Crippen LogP) is 3.70. The molecule has 16 heavy (non-hydrogen) atoms. The summed E-state index contributed by atoms with van der Waals surface area (Å²) in [6.07, 6.45) is 0.414. The lowest BCUT2D eigenvalue weighted by Crippen LogP contribution is -2.35. The van der Waals surface area contributed by atoms with E-state index in [1.54, 1.807) is 0 Å². The van der Waals surface area contributed by atoms with Crippen LogP contribution in [0, 0.1) is 0 Å². The molecule has 1 saturated heterocycles. The first-order valence-electron chi connectivity index (χ1n) is 4.55. The molecule has 1 N–H and O–H groups in total. The molecule has 1 fully saturated rings. The Bertz CT molecular complexity index is 400. The third-order valence-electron chi connectivity index (χ3n) is 2.28. The highest BCUT2D eigenvalue weighted by molar-refractivity contribution is 9.10. The summed E-state index contributed by atoms with van der Waals surface area (Å²) in [4.78, 5) is 11.0. The molecule has 1 amide bonds. The number of cyclic esters (lactones) is 1. The molecular weight excluding hydrogens is 317 g/mol. The quantitative estimate of drug-likeness (QED) is 0.854. The maximum atomic E-state index is 11.0. The molecule has 1 atom stereocenters. The van der Waals surface area contributed by atoms with Crippen LogP contribution in [-0.2, 0) is 4.74 Å². The van der Waals surface area contributed by atoms with Crippen LogP contribution in [0.3, 0.4) is 0 Å². The van der Waals surface area contributed by atoms with Crippen LogP contribution in [-0.4, -0.2) is 12.7 Å². The van der Waals surface area contributed by atoms with Crippen molar-refractivity contribution in [3.05, 3.63) is 33.3 Å². The van der Waals surface area contributed by atoms with Gasteiger partial charge in [-0.1, -0.05) is 17.7 Å². The van der Waals surface area contributed by atoms with Gasteiger partial charge in [0.15, 0.2) is 0 Å². The Kier molecular flexibility index (Phi) is 4.89. The smallest absolute Gasteiger partial charge is 0.407 e. The Labute approximate surface area is 113 Å². The second kappa shape index (κ2) is 5.75. The van der Waals surface area contributed by atoms with E-state index in [1.807, 2.05) is 18.2 Å². The largest absolute Gasteiger partial charge is 0.449 e. The van der Waals surface area contributed by atoms with Crippen molar-refractivity contribution in [2.45, 2.75) is 12.5 Å². The Morgan fingerprint density at radius 3 is 2.88 bits per heavy atom. The molecular formula is C10H10BrCl2NO2. The Hall–Kier alpha value is -0.450. The lowest BCUT2D eigenvalue weighted by molar-refractivity contribution is 0.115. The maximum absolute atomic E-state index is 11.0. The monoisotopic (exact) mass is 325 g/mol. The highest BCUT2D eigenvalue weighted by Crippen LogP contribution is 2.28.